The number of hydrogen-bond acceptors (Lipinski definition) is 4. The Hall–Kier alpha value is -2.10. The molecular weight excluding hydrogens is 256 g/mol. The van der Waals surface area contributed by atoms with Crippen molar-refractivity contribution in [1.29, 1.82) is 0 Å². The minimum Gasteiger partial charge on any atom is -0.469 e. The lowest BCUT2D eigenvalue weighted by atomic mass is 10.0. The number of carbonyl (C=O) groups is 2. The van der Waals surface area contributed by atoms with Gasteiger partial charge in [0, 0.05) is 12.5 Å². The summed E-state index contributed by atoms with van der Waals surface area (Å²) in [5.74, 6) is -0.677. The maximum absolute atomic E-state index is 11.7. The molecule has 20 heavy (non-hydrogen) atoms. The first kappa shape index (κ1) is 16.0. The van der Waals surface area contributed by atoms with Gasteiger partial charge in [0.25, 0.3) is 0 Å². The van der Waals surface area contributed by atoms with E-state index in [0.29, 0.717) is 13.0 Å². The Labute approximate surface area is 119 Å². The van der Waals surface area contributed by atoms with Crippen molar-refractivity contribution in [3.05, 3.63) is 42.0 Å². The van der Waals surface area contributed by atoms with Crippen LogP contribution < -0.4 is 0 Å². The molecule has 0 radical (unpaired) electrons. The van der Waals surface area contributed by atoms with Gasteiger partial charge in [-0.05, 0) is 24.0 Å². The molecule has 0 amide bonds. The summed E-state index contributed by atoms with van der Waals surface area (Å²) in [5.41, 5.74) is 1.68. The van der Waals surface area contributed by atoms with E-state index in [1.807, 2.05) is 37.3 Å². The Bertz CT molecular complexity index is 463. The third kappa shape index (κ3) is 5.69. The first-order valence-electron chi connectivity index (χ1n) is 6.67. The maximum Gasteiger partial charge on any atom is 0.331 e. The standard InChI is InChI=1S/C16H20O4/c1-3-11-20-16(18)12-14(9-10-15(17)19-2)13-7-5-4-6-8-13/h4-8,12H,3,9-11H2,1-2H3/b14-12-. The fraction of sp³-hybridized carbons (Fsp3) is 0.375. The first-order valence-corrected chi connectivity index (χ1v) is 6.67. The Balaban J connectivity index is 2.81. The average molecular weight is 276 g/mol. The number of hydrogen-bond donors (Lipinski definition) is 0. The molecule has 0 unspecified atom stereocenters. The summed E-state index contributed by atoms with van der Waals surface area (Å²) < 4.78 is 9.67. The zero-order chi connectivity index (χ0) is 14.8. The minimum atomic E-state index is -0.379. The smallest absolute Gasteiger partial charge is 0.331 e. The lowest BCUT2D eigenvalue weighted by molar-refractivity contribution is -0.140. The molecule has 0 fully saturated rings. The van der Waals surface area contributed by atoms with Crippen molar-refractivity contribution in [3.63, 3.8) is 0 Å². The van der Waals surface area contributed by atoms with Gasteiger partial charge in [-0.1, -0.05) is 37.3 Å². The van der Waals surface area contributed by atoms with Crippen LogP contribution in [0.2, 0.25) is 0 Å². The van der Waals surface area contributed by atoms with Crippen molar-refractivity contribution >= 4 is 17.5 Å². The van der Waals surface area contributed by atoms with Gasteiger partial charge in [-0.3, -0.25) is 4.79 Å². The molecule has 0 aliphatic heterocycles. The van der Waals surface area contributed by atoms with Gasteiger partial charge in [-0.2, -0.15) is 0 Å². The number of allylic oxidation sites excluding steroid dienone is 1. The van der Waals surface area contributed by atoms with Gasteiger partial charge in [0.05, 0.1) is 13.7 Å². The second kappa shape index (κ2) is 8.91. The van der Waals surface area contributed by atoms with Crippen molar-refractivity contribution in [3.8, 4) is 0 Å². The van der Waals surface area contributed by atoms with Gasteiger partial charge >= 0.3 is 11.9 Å². The Kier molecular flexibility index (Phi) is 7.11. The van der Waals surface area contributed by atoms with E-state index < -0.39 is 0 Å². The molecule has 0 aliphatic rings. The van der Waals surface area contributed by atoms with Crippen LogP contribution in [0, 0.1) is 0 Å². The van der Waals surface area contributed by atoms with Gasteiger partial charge in [0.15, 0.2) is 0 Å². The molecule has 4 heteroatoms. The van der Waals surface area contributed by atoms with E-state index in [1.165, 1.54) is 13.2 Å². The van der Waals surface area contributed by atoms with Crippen LogP contribution in [-0.2, 0) is 19.1 Å². The van der Waals surface area contributed by atoms with Crippen molar-refractivity contribution in [2.45, 2.75) is 26.2 Å². The molecule has 0 N–H and O–H groups in total. The summed E-state index contributed by atoms with van der Waals surface area (Å²) >= 11 is 0. The van der Waals surface area contributed by atoms with E-state index in [9.17, 15) is 9.59 Å². The number of carbonyl (C=O) groups excluding carboxylic acids is 2. The fourth-order valence-corrected chi connectivity index (χ4v) is 1.68. The Morgan fingerprint density at radius 2 is 1.85 bits per heavy atom. The van der Waals surface area contributed by atoms with Crippen LogP contribution >= 0.6 is 0 Å². The van der Waals surface area contributed by atoms with Gasteiger partial charge in [0.2, 0.25) is 0 Å². The summed E-state index contributed by atoms with van der Waals surface area (Å²) in [6, 6.07) is 9.47. The third-order valence-corrected chi connectivity index (χ3v) is 2.71. The van der Waals surface area contributed by atoms with Crippen LogP contribution in [-0.4, -0.2) is 25.7 Å². The van der Waals surface area contributed by atoms with Crippen LogP contribution in [0.1, 0.15) is 31.7 Å². The second-order valence-electron chi connectivity index (χ2n) is 4.28. The van der Waals surface area contributed by atoms with E-state index in [4.69, 9.17) is 4.74 Å². The highest BCUT2D eigenvalue weighted by Gasteiger charge is 2.09. The van der Waals surface area contributed by atoms with E-state index in [2.05, 4.69) is 4.74 Å². The molecular formula is C16H20O4. The van der Waals surface area contributed by atoms with E-state index in [1.54, 1.807) is 0 Å². The highest BCUT2D eigenvalue weighted by atomic mass is 16.5. The number of ether oxygens (including phenoxy) is 2. The lowest BCUT2D eigenvalue weighted by Crippen LogP contribution is -2.04. The quantitative estimate of drug-likeness (QED) is 0.567. The normalized spacial score (nSPS) is 11.0. The molecule has 0 aromatic heterocycles. The zero-order valence-electron chi connectivity index (χ0n) is 11.9. The number of methoxy groups -OCH3 is 1. The predicted octanol–water partition coefficient (Wildman–Crippen LogP) is 2.98. The van der Waals surface area contributed by atoms with Crippen molar-refractivity contribution in [1.82, 2.24) is 0 Å². The summed E-state index contributed by atoms with van der Waals surface area (Å²) in [4.78, 5) is 22.9. The average Bonchev–Trinajstić information content (AvgIpc) is 2.49. The van der Waals surface area contributed by atoms with Gasteiger partial charge in [-0.15, -0.1) is 0 Å². The van der Waals surface area contributed by atoms with Crippen LogP contribution in [0.5, 0.6) is 0 Å². The summed E-state index contributed by atoms with van der Waals surface area (Å²) in [6.45, 7) is 2.33. The maximum atomic E-state index is 11.7. The summed E-state index contributed by atoms with van der Waals surface area (Å²) in [6.07, 6.45) is 2.91. The molecule has 1 aromatic carbocycles. The van der Waals surface area contributed by atoms with Crippen molar-refractivity contribution < 1.29 is 19.1 Å². The monoisotopic (exact) mass is 276 g/mol. The SMILES string of the molecule is CCCOC(=O)/C=C(/CCC(=O)OC)c1ccccc1. The summed E-state index contributed by atoms with van der Waals surface area (Å²) in [5, 5.41) is 0. The van der Waals surface area contributed by atoms with Gasteiger partial charge in [-0.25, -0.2) is 4.79 Å². The predicted molar refractivity (Wildman–Crippen MR) is 76.9 cm³/mol. The first-order chi connectivity index (χ1) is 9.67. The molecule has 4 nitrogen and oxygen atoms in total. The number of benzene rings is 1. The molecule has 0 saturated heterocycles. The molecule has 1 rings (SSSR count). The van der Waals surface area contributed by atoms with Gasteiger partial charge < -0.3 is 9.47 Å². The van der Waals surface area contributed by atoms with Crippen molar-refractivity contribution in [2.75, 3.05) is 13.7 Å². The van der Waals surface area contributed by atoms with Gasteiger partial charge in [0.1, 0.15) is 0 Å². The molecule has 0 aliphatic carbocycles. The molecule has 0 atom stereocenters. The Morgan fingerprint density at radius 3 is 2.45 bits per heavy atom. The molecule has 0 bridgehead atoms. The van der Waals surface area contributed by atoms with Crippen molar-refractivity contribution in [2.24, 2.45) is 0 Å². The lowest BCUT2D eigenvalue weighted by Gasteiger charge is -2.07. The zero-order valence-corrected chi connectivity index (χ0v) is 11.9. The highest BCUT2D eigenvalue weighted by molar-refractivity contribution is 5.92. The third-order valence-electron chi connectivity index (χ3n) is 2.71. The Morgan fingerprint density at radius 1 is 1.15 bits per heavy atom. The summed E-state index contributed by atoms with van der Waals surface area (Å²) in [7, 11) is 1.35. The van der Waals surface area contributed by atoms with E-state index in [0.717, 1.165) is 17.6 Å². The van der Waals surface area contributed by atoms with E-state index >= 15 is 0 Å². The molecule has 1 aromatic rings. The molecule has 0 saturated carbocycles. The van der Waals surface area contributed by atoms with Crippen LogP contribution in [0.15, 0.2) is 36.4 Å². The molecule has 0 spiro atoms. The fourth-order valence-electron chi connectivity index (χ4n) is 1.68. The van der Waals surface area contributed by atoms with Crippen LogP contribution in [0.4, 0.5) is 0 Å². The number of rotatable bonds is 7. The minimum absolute atomic E-state index is 0.234. The molecule has 0 heterocycles. The van der Waals surface area contributed by atoms with E-state index in [-0.39, 0.29) is 18.4 Å². The highest BCUT2D eigenvalue weighted by Crippen LogP contribution is 2.20. The molecule has 108 valence electrons. The second-order valence-corrected chi connectivity index (χ2v) is 4.28. The largest absolute Gasteiger partial charge is 0.469 e. The van der Waals surface area contributed by atoms with Crippen LogP contribution in [0.3, 0.4) is 0 Å². The van der Waals surface area contributed by atoms with Crippen LogP contribution in [0.25, 0.3) is 5.57 Å². The number of esters is 2. The topological polar surface area (TPSA) is 52.6 Å².